The molecule has 1 heterocycles. The molecule has 1 aromatic carbocycles. The largest absolute Gasteiger partial charge is 0.393 e. The van der Waals surface area contributed by atoms with Gasteiger partial charge in [0.2, 0.25) is 0 Å². The first-order chi connectivity index (χ1) is 8.65. The highest BCUT2D eigenvalue weighted by Gasteiger charge is 2.25. The summed E-state index contributed by atoms with van der Waals surface area (Å²) in [7, 11) is 0. The van der Waals surface area contributed by atoms with Gasteiger partial charge in [0.25, 0.3) is 0 Å². The predicted octanol–water partition coefficient (Wildman–Crippen LogP) is 2.98. The van der Waals surface area contributed by atoms with Crippen molar-refractivity contribution < 1.29 is 5.11 Å². The van der Waals surface area contributed by atoms with Crippen LogP contribution in [-0.4, -0.2) is 35.7 Å². The second-order valence-electron chi connectivity index (χ2n) is 5.32. The number of halogens is 1. The summed E-state index contributed by atoms with van der Waals surface area (Å²) in [6, 6.07) is 8.11. The van der Waals surface area contributed by atoms with Gasteiger partial charge in [0.05, 0.1) is 6.10 Å². The molecule has 0 aliphatic carbocycles. The van der Waals surface area contributed by atoms with Gasteiger partial charge in [0.15, 0.2) is 0 Å². The van der Waals surface area contributed by atoms with E-state index in [1.807, 2.05) is 19.1 Å². The van der Waals surface area contributed by atoms with E-state index >= 15 is 0 Å². The van der Waals surface area contributed by atoms with Crippen LogP contribution in [-0.2, 0) is 6.42 Å². The third-order valence-electron chi connectivity index (χ3n) is 3.84. The van der Waals surface area contributed by atoms with E-state index in [9.17, 15) is 5.11 Å². The third-order valence-corrected chi connectivity index (χ3v) is 4.10. The van der Waals surface area contributed by atoms with E-state index in [2.05, 4.69) is 17.0 Å². The second kappa shape index (κ2) is 6.55. The summed E-state index contributed by atoms with van der Waals surface area (Å²) in [5, 5.41) is 10.4. The molecule has 1 fully saturated rings. The zero-order chi connectivity index (χ0) is 13.0. The molecule has 1 saturated heterocycles. The third kappa shape index (κ3) is 3.98. The van der Waals surface area contributed by atoms with Crippen molar-refractivity contribution in [3.8, 4) is 0 Å². The minimum atomic E-state index is -0.161. The Bertz CT molecular complexity index is 363. The lowest BCUT2D eigenvalue weighted by atomic mass is 10.0. The number of benzene rings is 1. The molecule has 18 heavy (non-hydrogen) atoms. The van der Waals surface area contributed by atoms with Crippen molar-refractivity contribution in [3.05, 3.63) is 34.9 Å². The Kier molecular flexibility index (Phi) is 5.04. The monoisotopic (exact) mass is 267 g/mol. The first-order valence-electron chi connectivity index (χ1n) is 6.80. The molecule has 100 valence electrons. The number of rotatable bonds is 5. The van der Waals surface area contributed by atoms with Crippen LogP contribution >= 0.6 is 11.6 Å². The van der Waals surface area contributed by atoms with Gasteiger partial charge in [0, 0.05) is 11.6 Å². The van der Waals surface area contributed by atoms with E-state index in [1.54, 1.807) is 0 Å². The van der Waals surface area contributed by atoms with Crippen LogP contribution in [0.4, 0.5) is 0 Å². The molecule has 2 nitrogen and oxygen atoms in total. The molecule has 1 N–H and O–H groups in total. The molecule has 0 aromatic heterocycles. The summed E-state index contributed by atoms with van der Waals surface area (Å²) in [4.78, 5) is 2.47. The van der Waals surface area contributed by atoms with Crippen molar-refractivity contribution in [2.45, 2.75) is 32.3 Å². The molecule has 1 aliphatic heterocycles. The summed E-state index contributed by atoms with van der Waals surface area (Å²) in [5.74, 6) is 0.473. The SMILES string of the molecule is CC(O)C1CCN(CCCc2ccc(Cl)cc2)C1. The van der Waals surface area contributed by atoms with Crippen LogP contribution in [0.1, 0.15) is 25.3 Å². The van der Waals surface area contributed by atoms with Gasteiger partial charge < -0.3 is 10.0 Å². The molecular formula is C15H22ClNO. The van der Waals surface area contributed by atoms with E-state index in [-0.39, 0.29) is 6.10 Å². The number of hydrogen-bond donors (Lipinski definition) is 1. The van der Waals surface area contributed by atoms with Gasteiger partial charge in [-0.05, 0) is 62.9 Å². The highest BCUT2D eigenvalue weighted by Crippen LogP contribution is 2.20. The standard InChI is InChI=1S/C15H22ClNO/c1-12(18)14-8-10-17(11-14)9-2-3-13-4-6-15(16)7-5-13/h4-7,12,14,18H,2-3,8-11H2,1H3. The fraction of sp³-hybridized carbons (Fsp3) is 0.600. The molecule has 0 amide bonds. The maximum Gasteiger partial charge on any atom is 0.0552 e. The summed E-state index contributed by atoms with van der Waals surface area (Å²) in [5.41, 5.74) is 1.35. The Labute approximate surface area is 115 Å². The Hall–Kier alpha value is -0.570. The van der Waals surface area contributed by atoms with Gasteiger partial charge in [-0.15, -0.1) is 0 Å². The van der Waals surface area contributed by atoms with Crippen LogP contribution in [0.3, 0.4) is 0 Å². The van der Waals surface area contributed by atoms with Crippen molar-refractivity contribution in [3.63, 3.8) is 0 Å². The summed E-state index contributed by atoms with van der Waals surface area (Å²) < 4.78 is 0. The quantitative estimate of drug-likeness (QED) is 0.887. The summed E-state index contributed by atoms with van der Waals surface area (Å²) >= 11 is 5.86. The molecule has 0 saturated carbocycles. The number of hydrogen-bond acceptors (Lipinski definition) is 2. The lowest BCUT2D eigenvalue weighted by Crippen LogP contribution is -2.25. The van der Waals surface area contributed by atoms with Crippen molar-refractivity contribution >= 4 is 11.6 Å². The molecule has 0 radical (unpaired) electrons. The Morgan fingerprint density at radius 1 is 1.39 bits per heavy atom. The van der Waals surface area contributed by atoms with Crippen molar-refractivity contribution in [1.29, 1.82) is 0 Å². The fourth-order valence-electron chi connectivity index (χ4n) is 2.62. The van der Waals surface area contributed by atoms with E-state index in [0.717, 1.165) is 37.5 Å². The maximum atomic E-state index is 9.56. The molecule has 0 bridgehead atoms. The molecular weight excluding hydrogens is 246 g/mol. The van der Waals surface area contributed by atoms with Crippen LogP contribution in [0.25, 0.3) is 0 Å². The second-order valence-corrected chi connectivity index (χ2v) is 5.76. The minimum Gasteiger partial charge on any atom is -0.393 e. The number of aliphatic hydroxyl groups excluding tert-OH is 1. The van der Waals surface area contributed by atoms with Crippen molar-refractivity contribution in [1.82, 2.24) is 4.90 Å². The maximum absolute atomic E-state index is 9.56. The lowest BCUT2D eigenvalue weighted by molar-refractivity contribution is 0.127. The average molecular weight is 268 g/mol. The van der Waals surface area contributed by atoms with Crippen molar-refractivity contribution in [2.24, 2.45) is 5.92 Å². The van der Waals surface area contributed by atoms with Gasteiger partial charge >= 0.3 is 0 Å². The molecule has 2 atom stereocenters. The molecule has 1 aromatic rings. The van der Waals surface area contributed by atoms with Gasteiger partial charge in [-0.3, -0.25) is 0 Å². The number of likely N-dealkylation sites (tertiary alicyclic amines) is 1. The topological polar surface area (TPSA) is 23.5 Å². The van der Waals surface area contributed by atoms with Crippen LogP contribution in [0.2, 0.25) is 5.02 Å². The van der Waals surface area contributed by atoms with Crippen LogP contribution < -0.4 is 0 Å². The first-order valence-corrected chi connectivity index (χ1v) is 7.18. The lowest BCUT2D eigenvalue weighted by Gasteiger charge is -2.17. The molecule has 3 heteroatoms. The number of aliphatic hydroxyl groups is 1. The minimum absolute atomic E-state index is 0.161. The molecule has 2 unspecified atom stereocenters. The summed E-state index contributed by atoms with van der Waals surface area (Å²) in [6.07, 6.45) is 3.26. The smallest absolute Gasteiger partial charge is 0.0552 e. The number of aryl methyl sites for hydroxylation is 1. The highest BCUT2D eigenvalue weighted by molar-refractivity contribution is 6.30. The molecule has 1 aliphatic rings. The molecule has 0 spiro atoms. The van der Waals surface area contributed by atoms with E-state index in [4.69, 9.17) is 11.6 Å². The zero-order valence-electron chi connectivity index (χ0n) is 11.0. The summed E-state index contributed by atoms with van der Waals surface area (Å²) in [6.45, 7) is 5.22. The Balaban J connectivity index is 1.68. The van der Waals surface area contributed by atoms with Gasteiger partial charge in [0.1, 0.15) is 0 Å². The van der Waals surface area contributed by atoms with E-state index in [1.165, 1.54) is 12.0 Å². The Morgan fingerprint density at radius 3 is 2.72 bits per heavy atom. The van der Waals surface area contributed by atoms with Gasteiger partial charge in [-0.1, -0.05) is 23.7 Å². The van der Waals surface area contributed by atoms with Gasteiger partial charge in [-0.2, -0.15) is 0 Å². The van der Waals surface area contributed by atoms with Crippen LogP contribution in [0.15, 0.2) is 24.3 Å². The average Bonchev–Trinajstić information content (AvgIpc) is 2.81. The highest BCUT2D eigenvalue weighted by atomic mass is 35.5. The Morgan fingerprint density at radius 2 is 2.11 bits per heavy atom. The van der Waals surface area contributed by atoms with Gasteiger partial charge in [-0.25, -0.2) is 0 Å². The van der Waals surface area contributed by atoms with E-state index in [0.29, 0.717) is 5.92 Å². The zero-order valence-corrected chi connectivity index (χ0v) is 11.7. The fourth-order valence-corrected chi connectivity index (χ4v) is 2.74. The molecule has 2 rings (SSSR count). The number of nitrogens with zero attached hydrogens (tertiary/aromatic N) is 1. The normalized spacial score (nSPS) is 22.3. The first kappa shape index (κ1) is 13.9. The van der Waals surface area contributed by atoms with Crippen LogP contribution in [0.5, 0.6) is 0 Å². The predicted molar refractivity (Wildman–Crippen MR) is 76.0 cm³/mol. The van der Waals surface area contributed by atoms with E-state index < -0.39 is 0 Å². The van der Waals surface area contributed by atoms with Crippen LogP contribution in [0, 0.1) is 5.92 Å². The van der Waals surface area contributed by atoms with Crippen molar-refractivity contribution in [2.75, 3.05) is 19.6 Å².